The quantitative estimate of drug-likeness (QED) is 0.0474. The van der Waals surface area contributed by atoms with Gasteiger partial charge in [0.15, 0.2) is 0 Å². The van der Waals surface area contributed by atoms with Gasteiger partial charge in [-0.25, -0.2) is 4.98 Å². The van der Waals surface area contributed by atoms with Crippen LogP contribution in [0.2, 0.25) is 0 Å². The minimum atomic E-state index is -0.215. The molecule has 1 aromatic rings. The molecule has 0 atom stereocenters. The van der Waals surface area contributed by atoms with Gasteiger partial charge in [0, 0.05) is 32.0 Å². The lowest BCUT2D eigenvalue weighted by Crippen LogP contribution is -2.31. The lowest BCUT2D eigenvalue weighted by Gasteiger charge is -2.22. The number of imidazole rings is 1. The molecule has 0 aliphatic carbocycles. The molecule has 0 aliphatic rings. The van der Waals surface area contributed by atoms with E-state index in [0.717, 1.165) is 45.2 Å². The summed E-state index contributed by atoms with van der Waals surface area (Å²) in [4.78, 5) is 32.0. The van der Waals surface area contributed by atoms with Gasteiger partial charge in [0.05, 0.1) is 44.6 Å². The molecule has 1 aromatic heterocycles. The summed E-state index contributed by atoms with van der Waals surface area (Å²) in [7, 11) is 0. The van der Waals surface area contributed by atoms with E-state index in [1.807, 2.05) is 12.5 Å². The number of hydrogen-bond donors (Lipinski definition) is 0. The molecule has 0 unspecified atom stereocenters. The largest absolute Gasteiger partial charge is 0.463 e. The van der Waals surface area contributed by atoms with Crippen LogP contribution < -0.4 is 0 Å². The Labute approximate surface area is 364 Å². The molecule has 9 nitrogen and oxygen atoms in total. The van der Waals surface area contributed by atoms with E-state index in [4.69, 9.17) is 18.9 Å². The first-order valence-electron chi connectivity index (χ1n) is 25.2. The summed E-state index contributed by atoms with van der Waals surface area (Å²) in [6, 6.07) is 0. The smallest absolute Gasteiger partial charge is 0.307 e. The topological polar surface area (TPSA) is 92.1 Å². The molecule has 0 saturated carbocycles. The highest BCUT2D eigenvalue weighted by Gasteiger charge is 2.15. The van der Waals surface area contributed by atoms with Gasteiger partial charge in [-0.15, -0.1) is 0 Å². The molecule has 1 heterocycles. The zero-order valence-electron chi connectivity index (χ0n) is 39.3. The van der Waals surface area contributed by atoms with E-state index in [1.54, 1.807) is 6.20 Å². The van der Waals surface area contributed by atoms with Crippen LogP contribution in [0.3, 0.4) is 0 Å². The number of carbonyl (C=O) groups excluding carboxylic acids is 2. The van der Waals surface area contributed by atoms with Crippen LogP contribution in [0.25, 0.3) is 0 Å². The summed E-state index contributed by atoms with van der Waals surface area (Å²) < 4.78 is 25.9. The normalized spacial score (nSPS) is 11.7. The maximum atomic E-state index is 12.8. The highest BCUT2D eigenvalue weighted by Crippen LogP contribution is 2.18. The van der Waals surface area contributed by atoms with Gasteiger partial charge in [0.25, 0.3) is 0 Å². The van der Waals surface area contributed by atoms with Crippen LogP contribution in [-0.4, -0.2) is 84.7 Å². The fourth-order valence-corrected chi connectivity index (χ4v) is 7.85. The van der Waals surface area contributed by atoms with E-state index >= 15 is 0 Å². The zero-order valence-corrected chi connectivity index (χ0v) is 39.3. The van der Waals surface area contributed by atoms with E-state index in [1.165, 1.54) is 154 Å². The van der Waals surface area contributed by atoms with E-state index < -0.39 is 0 Å². The Hall–Kier alpha value is -1.97. The Morgan fingerprint density at radius 3 is 1.22 bits per heavy atom. The van der Waals surface area contributed by atoms with E-state index in [2.05, 4.69) is 42.1 Å². The summed E-state index contributed by atoms with van der Waals surface area (Å²) in [6.07, 6.45) is 42.8. The number of unbranched alkanes of at least 4 members (excludes halogenated alkanes) is 20. The molecule has 0 aliphatic heterocycles. The van der Waals surface area contributed by atoms with Gasteiger partial charge in [-0.2, -0.15) is 0 Å². The number of carbonyl (C=O) groups is 2. The van der Waals surface area contributed by atoms with Crippen molar-refractivity contribution in [2.45, 2.75) is 245 Å². The Morgan fingerprint density at radius 2 is 0.864 bits per heavy atom. The third-order valence-electron chi connectivity index (χ3n) is 11.6. The van der Waals surface area contributed by atoms with Crippen molar-refractivity contribution < 1.29 is 28.5 Å². The average Bonchev–Trinajstić information content (AvgIpc) is 3.77. The Balaban J connectivity index is 2.49. The first kappa shape index (κ1) is 55.0. The molecule has 0 fully saturated rings. The molecule has 0 spiro atoms. The van der Waals surface area contributed by atoms with Gasteiger partial charge in [-0.1, -0.05) is 182 Å². The van der Waals surface area contributed by atoms with Crippen molar-refractivity contribution in [1.29, 1.82) is 0 Å². The zero-order chi connectivity index (χ0) is 42.7. The second-order valence-corrected chi connectivity index (χ2v) is 17.1. The predicted molar refractivity (Wildman–Crippen MR) is 246 cm³/mol. The minimum absolute atomic E-state index is 0.215. The molecular weight excluding hydrogens is 739 g/mol. The molecule has 0 bridgehead atoms. The van der Waals surface area contributed by atoms with Gasteiger partial charge >= 0.3 is 11.9 Å². The SMILES string of the molecule is CCCCCCCCC(CCCCCCCC)OCCOC(=O)CCN(CCCn1ccnc1)CCC(=O)OCCOC(CCCCCCCC)CCCCCCCC. The monoisotopic (exact) mass is 834 g/mol. The van der Waals surface area contributed by atoms with Crippen molar-refractivity contribution in [2.24, 2.45) is 0 Å². The van der Waals surface area contributed by atoms with Crippen molar-refractivity contribution in [1.82, 2.24) is 14.5 Å². The van der Waals surface area contributed by atoms with Crippen LogP contribution in [0.15, 0.2) is 18.7 Å². The first-order valence-corrected chi connectivity index (χ1v) is 25.2. The number of aromatic nitrogens is 2. The summed E-state index contributed by atoms with van der Waals surface area (Å²) >= 11 is 0. The second-order valence-electron chi connectivity index (χ2n) is 17.1. The highest BCUT2D eigenvalue weighted by atomic mass is 16.6. The summed E-state index contributed by atoms with van der Waals surface area (Å²) in [6.45, 7) is 13.2. The number of rotatable bonds is 46. The predicted octanol–water partition coefficient (Wildman–Crippen LogP) is 13.2. The molecule has 0 aromatic carbocycles. The fraction of sp³-hybridized carbons (Fsp3) is 0.900. The molecular formula is C50H95N3O6. The highest BCUT2D eigenvalue weighted by molar-refractivity contribution is 5.70. The third kappa shape index (κ3) is 36.4. The molecule has 0 N–H and O–H groups in total. The van der Waals surface area contributed by atoms with Crippen molar-refractivity contribution in [3.8, 4) is 0 Å². The lowest BCUT2D eigenvalue weighted by molar-refractivity contribution is -0.146. The molecule has 1 rings (SSSR count). The van der Waals surface area contributed by atoms with Crippen molar-refractivity contribution in [3.63, 3.8) is 0 Å². The van der Waals surface area contributed by atoms with Crippen LogP contribution >= 0.6 is 0 Å². The summed E-state index contributed by atoms with van der Waals surface area (Å²) in [5.74, 6) is -0.430. The number of esters is 2. The van der Waals surface area contributed by atoms with Crippen LogP contribution in [0.1, 0.15) is 227 Å². The minimum Gasteiger partial charge on any atom is -0.463 e. The fourth-order valence-electron chi connectivity index (χ4n) is 7.85. The third-order valence-corrected chi connectivity index (χ3v) is 11.6. The standard InChI is InChI=1S/C50H95N3O6/c1-5-9-13-17-21-25-30-47(31-26-22-18-14-10-6-2)56-42-44-58-49(54)34-39-52(37-29-38-53-41-36-51-46-53)40-35-50(55)59-45-43-57-48(32-27-23-19-15-11-7-3)33-28-24-20-16-12-8-4/h36,41,46-48H,5-35,37-40,42-45H2,1-4H3. The Kier molecular flexibility index (Phi) is 39.8. The molecule has 346 valence electrons. The summed E-state index contributed by atoms with van der Waals surface area (Å²) in [5.41, 5.74) is 0. The summed E-state index contributed by atoms with van der Waals surface area (Å²) in [5, 5.41) is 0. The lowest BCUT2D eigenvalue weighted by atomic mass is 10.0. The average molecular weight is 834 g/mol. The maximum Gasteiger partial charge on any atom is 0.307 e. The van der Waals surface area contributed by atoms with E-state index in [-0.39, 0.29) is 50.2 Å². The van der Waals surface area contributed by atoms with Gasteiger partial charge in [0.1, 0.15) is 13.2 Å². The second kappa shape index (κ2) is 42.7. The van der Waals surface area contributed by atoms with E-state index in [0.29, 0.717) is 26.3 Å². The van der Waals surface area contributed by atoms with Crippen LogP contribution in [-0.2, 0) is 35.1 Å². The van der Waals surface area contributed by atoms with Gasteiger partial charge < -0.3 is 28.4 Å². The van der Waals surface area contributed by atoms with Gasteiger partial charge in [-0.05, 0) is 38.6 Å². The van der Waals surface area contributed by atoms with Crippen LogP contribution in [0.4, 0.5) is 0 Å². The molecule has 0 radical (unpaired) electrons. The van der Waals surface area contributed by atoms with Crippen molar-refractivity contribution >= 4 is 11.9 Å². The number of hydrogen-bond acceptors (Lipinski definition) is 8. The Morgan fingerprint density at radius 1 is 0.492 bits per heavy atom. The van der Waals surface area contributed by atoms with Gasteiger partial charge in [-0.3, -0.25) is 9.59 Å². The van der Waals surface area contributed by atoms with Crippen molar-refractivity contribution in [3.05, 3.63) is 18.7 Å². The van der Waals surface area contributed by atoms with Crippen LogP contribution in [0.5, 0.6) is 0 Å². The van der Waals surface area contributed by atoms with Gasteiger partial charge in [0.2, 0.25) is 0 Å². The number of nitrogens with zero attached hydrogens (tertiary/aromatic N) is 3. The number of aryl methyl sites for hydroxylation is 1. The van der Waals surface area contributed by atoms with Crippen LogP contribution in [0, 0.1) is 0 Å². The first-order chi connectivity index (χ1) is 29.0. The Bertz CT molecular complexity index is 932. The number of ether oxygens (including phenoxy) is 4. The maximum absolute atomic E-state index is 12.8. The van der Waals surface area contributed by atoms with E-state index in [9.17, 15) is 9.59 Å². The molecule has 9 heteroatoms. The molecule has 59 heavy (non-hydrogen) atoms. The molecule has 0 amide bonds. The van der Waals surface area contributed by atoms with Crippen molar-refractivity contribution in [2.75, 3.05) is 46.1 Å². The molecule has 0 saturated heterocycles.